The van der Waals surface area contributed by atoms with E-state index in [1.807, 2.05) is 7.05 Å². The minimum Gasteiger partial charge on any atom is -0.356 e. The molecule has 2 N–H and O–H groups in total. The van der Waals surface area contributed by atoms with Crippen molar-refractivity contribution in [2.75, 3.05) is 46.3 Å². The van der Waals surface area contributed by atoms with Crippen LogP contribution in [0.3, 0.4) is 0 Å². The van der Waals surface area contributed by atoms with Gasteiger partial charge in [-0.2, -0.15) is 0 Å². The molecule has 134 valence electrons. The number of nitrogens with one attached hydrogen (secondary N) is 2. The van der Waals surface area contributed by atoms with E-state index in [1.54, 1.807) is 0 Å². The molecule has 0 aromatic carbocycles. The van der Waals surface area contributed by atoms with Crippen molar-refractivity contribution in [2.24, 2.45) is 4.99 Å². The molecule has 23 heavy (non-hydrogen) atoms. The maximum absolute atomic E-state index is 4.38. The number of aliphatic imine (C=N–C) groups is 1. The Morgan fingerprint density at radius 3 is 2.39 bits per heavy atom. The highest BCUT2D eigenvalue weighted by Crippen LogP contribution is 2.12. The summed E-state index contributed by atoms with van der Waals surface area (Å²) in [5, 5.41) is 7.08. The summed E-state index contributed by atoms with van der Waals surface area (Å²) < 4.78 is 0. The van der Waals surface area contributed by atoms with Crippen molar-refractivity contribution in [1.29, 1.82) is 0 Å². The molecule has 0 unspecified atom stereocenters. The van der Waals surface area contributed by atoms with Crippen LogP contribution in [-0.4, -0.2) is 74.2 Å². The van der Waals surface area contributed by atoms with Gasteiger partial charge in [0.15, 0.2) is 5.96 Å². The summed E-state index contributed by atoms with van der Waals surface area (Å²) >= 11 is 0. The molecule has 0 atom stereocenters. The third kappa shape index (κ3) is 6.68. The monoisotopic (exact) mass is 323 g/mol. The lowest BCUT2D eigenvalue weighted by atomic mass is 10.0. The highest BCUT2D eigenvalue weighted by molar-refractivity contribution is 5.79. The van der Waals surface area contributed by atoms with E-state index < -0.39 is 0 Å². The fraction of sp³-hybridized carbons (Fsp3) is 0.944. The first-order chi connectivity index (χ1) is 11.2. The van der Waals surface area contributed by atoms with Crippen molar-refractivity contribution in [3.8, 4) is 0 Å². The zero-order chi connectivity index (χ0) is 16.5. The minimum absolute atomic E-state index is 0.570. The molecule has 0 amide bonds. The number of hydrogen-bond donors (Lipinski definition) is 2. The molecule has 5 nitrogen and oxygen atoms in total. The second kappa shape index (κ2) is 10.1. The smallest absolute Gasteiger partial charge is 0.191 e. The van der Waals surface area contributed by atoms with Gasteiger partial charge in [0, 0.05) is 38.8 Å². The minimum atomic E-state index is 0.570. The first kappa shape index (κ1) is 18.5. The second-order valence-corrected chi connectivity index (χ2v) is 7.30. The second-order valence-electron chi connectivity index (χ2n) is 7.30. The van der Waals surface area contributed by atoms with Crippen molar-refractivity contribution in [1.82, 2.24) is 20.4 Å². The molecule has 2 saturated heterocycles. The van der Waals surface area contributed by atoms with Crippen LogP contribution in [0.5, 0.6) is 0 Å². The Bertz CT molecular complexity index is 341. The molecule has 0 spiro atoms. The van der Waals surface area contributed by atoms with E-state index in [9.17, 15) is 0 Å². The Labute approximate surface area is 142 Å². The van der Waals surface area contributed by atoms with Crippen LogP contribution in [0.1, 0.15) is 52.4 Å². The van der Waals surface area contributed by atoms with Crippen LogP contribution >= 0.6 is 0 Å². The lowest BCUT2D eigenvalue weighted by Gasteiger charge is -2.35. The number of nitrogens with zero attached hydrogens (tertiary/aromatic N) is 3. The summed E-state index contributed by atoms with van der Waals surface area (Å²) in [5.41, 5.74) is 0. The standard InChI is InChI=1S/C18H37N5/c1-16(2)23-14-8-17(9-15-23)21-18(19-3)20-10-4-5-11-22-12-6-7-13-22/h16-17H,4-15H2,1-3H3,(H2,19,20,21). The van der Waals surface area contributed by atoms with Crippen LogP contribution in [0.2, 0.25) is 0 Å². The van der Waals surface area contributed by atoms with Crippen LogP contribution in [-0.2, 0) is 0 Å². The zero-order valence-electron chi connectivity index (χ0n) is 15.5. The van der Waals surface area contributed by atoms with Gasteiger partial charge in [0.25, 0.3) is 0 Å². The lowest BCUT2D eigenvalue weighted by Crippen LogP contribution is -2.50. The Hall–Kier alpha value is -0.810. The van der Waals surface area contributed by atoms with E-state index >= 15 is 0 Å². The molecule has 2 aliphatic heterocycles. The average Bonchev–Trinajstić information content (AvgIpc) is 3.07. The summed E-state index contributed by atoms with van der Waals surface area (Å²) in [6.45, 7) is 11.9. The van der Waals surface area contributed by atoms with Crippen molar-refractivity contribution >= 4 is 5.96 Å². The zero-order valence-corrected chi connectivity index (χ0v) is 15.5. The SMILES string of the molecule is CN=C(NCCCCN1CCCC1)NC1CCN(C(C)C)CC1. The first-order valence-electron chi connectivity index (χ1n) is 9.62. The number of piperidine rings is 1. The first-order valence-corrected chi connectivity index (χ1v) is 9.62. The Kier molecular flexibility index (Phi) is 8.17. The van der Waals surface area contributed by atoms with E-state index in [1.165, 1.54) is 71.2 Å². The van der Waals surface area contributed by atoms with Gasteiger partial charge in [0.05, 0.1) is 0 Å². The highest BCUT2D eigenvalue weighted by atomic mass is 15.2. The summed E-state index contributed by atoms with van der Waals surface area (Å²) in [5.74, 6) is 0.981. The van der Waals surface area contributed by atoms with Gasteiger partial charge in [-0.25, -0.2) is 0 Å². The molecule has 0 aromatic heterocycles. The molecule has 2 rings (SSSR count). The average molecular weight is 324 g/mol. The van der Waals surface area contributed by atoms with Crippen LogP contribution in [0, 0.1) is 0 Å². The van der Waals surface area contributed by atoms with E-state index in [2.05, 4.69) is 39.3 Å². The van der Waals surface area contributed by atoms with E-state index in [-0.39, 0.29) is 0 Å². The van der Waals surface area contributed by atoms with Crippen LogP contribution in [0.4, 0.5) is 0 Å². The summed E-state index contributed by atoms with van der Waals surface area (Å²) in [7, 11) is 1.88. The summed E-state index contributed by atoms with van der Waals surface area (Å²) in [6.07, 6.45) is 7.73. The van der Waals surface area contributed by atoms with Crippen molar-refractivity contribution < 1.29 is 0 Å². The predicted octanol–water partition coefficient (Wildman–Crippen LogP) is 1.90. The molecule has 2 heterocycles. The number of likely N-dealkylation sites (tertiary alicyclic amines) is 2. The largest absolute Gasteiger partial charge is 0.356 e. The maximum Gasteiger partial charge on any atom is 0.191 e. The van der Waals surface area contributed by atoms with Gasteiger partial charge in [-0.05, 0) is 72.0 Å². The van der Waals surface area contributed by atoms with E-state index in [4.69, 9.17) is 0 Å². The molecule has 0 bridgehead atoms. The fourth-order valence-corrected chi connectivity index (χ4v) is 3.62. The summed E-state index contributed by atoms with van der Waals surface area (Å²) in [4.78, 5) is 9.54. The molecule has 2 fully saturated rings. The van der Waals surface area contributed by atoms with E-state index in [0.29, 0.717) is 12.1 Å². The third-order valence-electron chi connectivity index (χ3n) is 5.22. The normalized spacial score (nSPS) is 22.0. The Morgan fingerprint density at radius 2 is 1.78 bits per heavy atom. The topological polar surface area (TPSA) is 42.9 Å². The maximum atomic E-state index is 4.38. The van der Waals surface area contributed by atoms with Crippen LogP contribution in [0.15, 0.2) is 4.99 Å². The van der Waals surface area contributed by atoms with Crippen molar-refractivity contribution in [3.63, 3.8) is 0 Å². The summed E-state index contributed by atoms with van der Waals surface area (Å²) in [6, 6.07) is 1.24. The molecule has 0 aromatic rings. The lowest BCUT2D eigenvalue weighted by molar-refractivity contribution is 0.167. The molecule has 0 radical (unpaired) electrons. The molecule has 2 aliphatic rings. The number of unbranched alkanes of at least 4 members (excludes halogenated alkanes) is 1. The molecule has 0 aliphatic carbocycles. The van der Waals surface area contributed by atoms with Gasteiger partial charge in [-0.15, -0.1) is 0 Å². The molecule has 0 saturated carbocycles. The van der Waals surface area contributed by atoms with Gasteiger partial charge >= 0.3 is 0 Å². The Morgan fingerprint density at radius 1 is 1.09 bits per heavy atom. The van der Waals surface area contributed by atoms with Gasteiger partial charge < -0.3 is 20.4 Å². The third-order valence-corrected chi connectivity index (χ3v) is 5.22. The van der Waals surface area contributed by atoms with Gasteiger partial charge in [0.1, 0.15) is 0 Å². The quantitative estimate of drug-likeness (QED) is 0.427. The predicted molar refractivity (Wildman–Crippen MR) is 99.1 cm³/mol. The van der Waals surface area contributed by atoms with Crippen molar-refractivity contribution in [3.05, 3.63) is 0 Å². The van der Waals surface area contributed by atoms with Crippen LogP contribution in [0.25, 0.3) is 0 Å². The number of guanidine groups is 1. The van der Waals surface area contributed by atoms with Gasteiger partial charge in [-0.3, -0.25) is 4.99 Å². The van der Waals surface area contributed by atoms with Gasteiger partial charge in [-0.1, -0.05) is 0 Å². The molecular formula is C18H37N5. The molecular weight excluding hydrogens is 286 g/mol. The molecule has 5 heteroatoms. The number of hydrogen-bond acceptors (Lipinski definition) is 3. The fourth-order valence-electron chi connectivity index (χ4n) is 3.62. The Balaban J connectivity index is 1.55. The van der Waals surface area contributed by atoms with Crippen molar-refractivity contribution in [2.45, 2.75) is 64.5 Å². The number of rotatable bonds is 7. The highest BCUT2D eigenvalue weighted by Gasteiger charge is 2.21. The van der Waals surface area contributed by atoms with Crippen LogP contribution < -0.4 is 10.6 Å². The van der Waals surface area contributed by atoms with E-state index in [0.717, 1.165) is 12.5 Å². The van der Waals surface area contributed by atoms with Gasteiger partial charge in [0.2, 0.25) is 0 Å².